The Balaban J connectivity index is 2.15. The number of piperidine rings is 1. The molecule has 20 heavy (non-hydrogen) atoms. The van der Waals surface area contributed by atoms with Crippen LogP contribution in [0, 0.1) is 5.41 Å². The lowest BCUT2D eigenvalue weighted by Crippen LogP contribution is -2.52. The van der Waals surface area contributed by atoms with Crippen molar-refractivity contribution in [2.24, 2.45) is 18.2 Å². The van der Waals surface area contributed by atoms with Crippen molar-refractivity contribution < 1.29 is 0 Å². The molecule has 0 bridgehead atoms. The van der Waals surface area contributed by atoms with E-state index in [1.807, 2.05) is 11.7 Å². The van der Waals surface area contributed by atoms with Crippen molar-refractivity contribution in [1.82, 2.24) is 14.7 Å². The highest BCUT2D eigenvalue weighted by Crippen LogP contribution is 2.30. The van der Waals surface area contributed by atoms with Gasteiger partial charge in [0, 0.05) is 49.9 Å². The fourth-order valence-corrected chi connectivity index (χ4v) is 3.15. The van der Waals surface area contributed by atoms with Gasteiger partial charge >= 0.3 is 0 Å². The van der Waals surface area contributed by atoms with Gasteiger partial charge in [0.1, 0.15) is 0 Å². The Labute approximate surface area is 123 Å². The third-order valence-corrected chi connectivity index (χ3v) is 4.40. The fraction of sp³-hybridized carbons (Fsp3) is 0.812. The fourth-order valence-electron chi connectivity index (χ4n) is 3.15. The van der Waals surface area contributed by atoms with E-state index in [1.165, 1.54) is 11.3 Å². The van der Waals surface area contributed by atoms with Gasteiger partial charge in [-0.3, -0.25) is 9.58 Å². The number of nitrogens with zero attached hydrogens (tertiary/aromatic N) is 3. The van der Waals surface area contributed by atoms with Crippen LogP contribution >= 0.6 is 0 Å². The number of aromatic nitrogens is 2. The van der Waals surface area contributed by atoms with Gasteiger partial charge < -0.3 is 5.73 Å². The van der Waals surface area contributed by atoms with Crippen LogP contribution in [0.25, 0.3) is 0 Å². The molecule has 4 nitrogen and oxygen atoms in total. The lowest BCUT2D eigenvalue weighted by molar-refractivity contribution is 0.0894. The van der Waals surface area contributed by atoms with Gasteiger partial charge in [0.2, 0.25) is 0 Å². The lowest BCUT2D eigenvalue weighted by atomic mass is 9.79. The molecule has 1 aliphatic heterocycles. The predicted octanol–water partition coefficient (Wildman–Crippen LogP) is 2.28. The molecule has 2 rings (SSSR count). The van der Waals surface area contributed by atoms with Gasteiger partial charge in [0.25, 0.3) is 0 Å². The number of hydrogen-bond donors (Lipinski definition) is 1. The molecule has 1 aliphatic rings. The Kier molecular flexibility index (Phi) is 4.00. The van der Waals surface area contributed by atoms with Crippen molar-refractivity contribution in [1.29, 1.82) is 0 Å². The molecule has 0 spiro atoms. The summed E-state index contributed by atoms with van der Waals surface area (Å²) in [4.78, 5) is 2.52. The monoisotopic (exact) mass is 278 g/mol. The van der Waals surface area contributed by atoms with Crippen LogP contribution < -0.4 is 5.73 Å². The molecule has 114 valence electrons. The molecule has 0 saturated carbocycles. The quantitative estimate of drug-likeness (QED) is 0.903. The average Bonchev–Trinajstić information content (AvgIpc) is 2.64. The standard InChI is InChI=1S/C16H30N4/c1-15(2,3)14-12(9-19(6)18-14)10-20-8-7-13(17)16(4,5)11-20/h9,13H,7-8,10-11,17H2,1-6H3. The molecule has 0 aromatic carbocycles. The Morgan fingerprint density at radius 1 is 1.40 bits per heavy atom. The van der Waals surface area contributed by atoms with Crippen LogP contribution in [0.15, 0.2) is 6.20 Å². The highest BCUT2D eigenvalue weighted by molar-refractivity contribution is 5.24. The van der Waals surface area contributed by atoms with Gasteiger partial charge in [-0.05, 0) is 11.8 Å². The van der Waals surface area contributed by atoms with Gasteiger partial charge in [-0.25, -0.2) is 0 Å². The zero-order chi connectivity index (χ0) is 15.1. The normalized spacial score (nSPS) is 24.1. The van der Waals surface area contributed by atoms with Gasteiger partial charge in [-0.1, -0.05) is 34.6 Å². The molecule has 2 N–H and O–H groups in total. The third kappa shape index (κ3) is 3.23. The largest absolute Gasteiger partial charge is 0.327 e. The minimum absolute atomic E-state index is 0.0955. The summed E-state index contributed by atoms with van der Waals surface area (Å²) in [5.41, 5.74) is 9.09. The molecule has 0 radical (unpaired) electrons. The summed E-state index contributed by atoms with van der Waals surface area (Å²) in [6.45, 7) is 14.4. The maximum absolute atomic E-state index is 6.23. The molecular weight excluding hydrogens is 248 g/mol. The van der Waals surface area contributed by atoms with E-state index in [-0.39, 0.29) is 10.8 Å². The van der Waals surface area contributed by atoms with E-state index < -0.39 is 0 Å². The summed E-state index contributed by atoms with van der Waals surface area (Å²) in [5, 5.41) is 4.66. The molecular formula is C16H30N4. The Hall–Kier alpha value is -0.870. The van der Waals surface area contributed by atoms with Crippen LogP contribution in [-0.2, 0) is 19.0 Å². The van der Waals surface area contributed by atoms with Crippen LogP contribution in [-0.4, -0.2) is 33.8 Å². The zero-order valence-corrected chi connectivity index (χ0v) is 13.9. The Morgan fingerprint density at radius 2 is 2.05 bits per heavy atom. The van der Waals surface area contributed by atoms with Gasteiger partial charge in [0.15, 0.2) is 0 Å². The SMILES string of the molecule is Cn1cc(CN2CCC(N)C(C)(C)C2)c(C(C)(C)C)n1. The highest BCUT2D eigenvalue weighted by Gasteiger charge is 2.34. The minimum Gasteiger partial charge on any atom is -0.327 e. The van der Waals surface area contributed by atoms with Crippen LogP contribution in [0.4, 0.5) is 0 Å². The Morgan fingerprint density at radius 3 is 2.60 bits per heavy atom. The molecule has 0 amide bonds. The van der Waals surface area contributed by atoms with Gasteiger partial charge in [-0.2, -0.15) is 5.10 Å². The van der Waals surface area contributed by atoms with Crippen molar-refractivity contribution in [3.63, 3.8) is 0 Å². The van der Waals surface area contributed by atoms with Gasteiger partial charge in [0.05, 0.1) is 5.69 Å². The van der Waals surface area contributed by atoms with Crippen LogP contribution in [0.3, 0.4) is 0 Å². The number of nitrogens with two attached hydrogens (primary N) is 1. The van der Waals surface area contributed by atoms with Crippen molar-refractivity contribution in [3.8, 4) is 0 Å². The van der Waals surface area contributed by atoms with E-state index in [4.69, 9.17) is 5.73 Å². The summed E-state index contributed by atoms with van der Waals surface area (Å²) >= 11 is 0. The third-order valence-electron chi connectivity index (χ3n) is 4.40. The predicted molar refractivity (Wildman–Crippen MR) is 83.6 cm³/mol. The number of rotatable bonds is 2. The number of aryl methyl sites for hydroxylation is 1. The number of hydrogen-bond acceptors (Lipinski definition) is 3. The van der Waals surface area contributed by atoms with Crippen molar-refractivity contribution in [2.45, 2.75) is 59.0 Å². The Bertz CT molecular complexity index is 467. The van der Waals surface area contributed by atoms with E-state index in [9.17, 15) is 0 Å². The molecule has 1 aromatic rings. The maximum Gasteiger partial charge on any atom is 0.0722 e. The topological polar surface area (TPSA) is 47.1 Å². The summed E-state index contributed by atoms with van der Waals surface area (Å²) < 4.78 is 1.94. The molecule has 1 aromatic heterocycles. The molecule has 1 fully saturated rings. The summed E-state index contributed by atoms with van der Waals surface area (Å²) in [6.07, 6.45) is 3.25. The second-order valence-electron chi connectivity index (χ2n) is 8.02. The van der Waals surface area contributed by atoms with Crippen molar-refractivity contribution in [2.75, 3.05) is 13.1 Å². The summed E-state index contributed by atoms with van der Waals surface area (Å²) in [5.74, 6) is 0. The molecule has 2 heterocycles. The minimum atomic E-state index is 0.0955. The van der Waals surface area contributed by atoms with E-state index in [1.54, 1.807) is 0 Å². The van der Waals surface area contributed by atoms with Crippen LogP contribution in [0.2, 0.25) is 0 Å². The van der Waals surface area contributed by atoms with Crippen molar-refractivity contribution >= 4 is 0 Å². The molecule has 1 unspecified atom stereocenters. The molecule has 4 heteroatoms. The first-order chi connectivity index (χ1) is 9.09. The molecule has 0 aliphatic carbocycles. The maximum atomic E-state index is 6.23. The first-order valence-corrected chi connectivity index (χ1v) is 7.60. The smallest absolute Gasteiger partial charge is 0.0722 e. The van der Waals surface area contributed by atoms with Crippen molar-refractivity contribution in [3.05, 3.63) is 17.5 Å². The van der Waals surface area contributed by atoms with E-state index in [0.29, 0.717) is 6.04 Å². The second-order valence-corrected chi connectivity index (χ2v) is 8.02. The second kappa shape index (κ2) is 5.15. The van der Waals surface area contributed by atoms with Crippen LogP contribution in [0.5, 0.6) is 0 Å². The van der Waals surface area contributed by atoms with E-state index >= 15 is 0 Å². The highest BCUT2D eigenvalue weighted by atomic mass is 15.3. The first kappa shape index (κ1) is 15.5. The first-order valence-electron chi connectivity index (χ1n) is 7.60. The molecule has 1 saturated heterocycles. The number of likely N-dealkylation sites (tertiary alicyclic amines) is 1. The summed E-state index contributed by atoms with van der Waals surface area (Å²) in [6, 6.07) is 0.315. The lowest BCUT2D eigenvalue weighted by Gasteiger charge is -2.42. The van der Waals surface area contributed by atoms with E-state index in [2.05, 4.69) is 50.8 Å². The molecule has 1 atom stereocenters. The average molecular weight is 278 g/mol. The van der Waals surface area contributed by atoms with E-state index in [0.717, 1.165) is 26.1 Å². The zero-order valence-electron chi connectivity index (χ0n) is 13.9. The van der Waals surface area contributed by atoms with Gasteiger partial charge in [-0.15, -0.1) is 0 Å². The summed E-state index contributed by atoms with van der Waals surface area (Å²) in [7, 11) is 2.01. The van der Waals surface area contributed by atoms with Crippen LogP contribution in [0.1, 0.15) is 52.3 Å².